The van der Waals surface area contributed by atoms with Gasteiger partial charge in [-0.25, -0.2) is 0 Å². The molecule has 1 N–H and O–H groups in total. The van der Waals surface area contributed by atoms with E-state index >= 15 is 0 Å². The van der Waals surface area contributed by atoms with Gasteiger partial charge in [0.1, 0.15) is 6.54 Å². The third-order valence-electron chi connectivity index (χ3n) is 3.11. The monoisotopic (exact) mass is 245 g/mol. The van der Waals surface area contributed by atoms with Crippen molar-refractivity contribution in [3.63, 3.8) is 0 Å². The summed E-state index contributed by atoms with van der Waals surface area (Å²) in [6, 6.07) is 3.90. The average Bonchev–Trinajstić information content (AvgIpc) is 2.63. The molecule has 0 fully saturated rings. The Hall–Kier alpha value is -2.10. The molecule has 0 radical (unpaired) electrons. The van der Waals surface area contributed by atoms with Gasteiger partial charge in [-0.05, 0) is 31.9 Å². The quantitative estimate of drug-likeness (QED) is 0.845. The van der Waals surface area contributed by atoms with Crippen LogP contribution in [0, 0.1) is 13.8 Å². The lowest BCUT2D eigenvalue weighted by Gasteiger charge is -2.06. The van der Waals surface area contributed by atoms with Crippen molar-refractivity contribution in [2.75, 3.05) is 0 Å². The highest BCUT2D eigenvalue weighted by molar-refractivity contribution is 6.09. The number of nitrogens with zero attached hydrogens (tertiary/aromatic N) is 1. The minimum atomic E-state index is -0.914. The second-order valence-electron chi connectivity index (χ2n) is 4.54. The number of benzene rings is 1. The molecular formula is C14H15NO3. The molecule has 0 spiro atoms. The number of carboxylic acid groups (broad SMARTS) is 1. The van der Waals surface area contributed by atoms with Crippen molar-refractivity contribution in [2.24, 2.45) is 0 Å². The van der Waals surface area contributed by atoms with E-state index in [1.807, 2.05) is 26.0 Å². The SMILES string of the molecule is CC(=O)c1cn(CC(=O)O)c2c(C)ccc(C)c12. The number of Topliss-reactive ketones (excluding diaryl/α,β-unsaturated/α-hetero) is 1. The fourth-order valence-electron chi connectivity index (χ4n) is 2.33. The molecule has 1 heterocycles. The second-order valence-corrected chi connectivity index (χ2v) is 4.54. The average molecular weight is 245 g/mol. The summed E-state index contributed by atoms with van der Waals surface area (Å²) in [7, 11) is 0. The molecule has 18 heavy (non-hydrogen) atoms. The van der Waals surface area contributed by atoms with Gasteiger partial charge in [0, 0.05) is 17.1 Å². The van der Waals surface area contributed by atoms with Crippen LogP contribution in [-0.4, -0.2) is 21.4 Å². The van der Waals surface area contributed by atoms with E-state index in [2.05, 4.69) is 0 Å². The highest BCUT2D eigenvalue weighted by atomic mass is 16.4. The van der Waals surface area contributed by atoms with Crippen LogP contribution in [0.1, 0.15) is 28.4 Å². The molecule has 0 aliphatic carbocycles. The van der Waals surface area contributed by atoms with Gasteiger partial charge in [-0.1, -0.05) is 12.1 Å². The van der Waals surface area contributed by atoms with E-state index in [0.717, 1.165) is 22.0 Å². The van der Waals surface area contributed by atoms with Crippen LogP contribution in [0.25, 0.3) is 10.9 Å². The maximum absolute atomic E-state index is 11.7. The summed E-state index contributed by atoms with van der Waals surface area (Å²) in [5, 5.41) is 9.79. The molecule has 0 saturated heterocycles. The lowest BCUT2D eigenvalue weighted by atomic mass is 10.0. The highest BCUT2D eigenvalue weighted by Crippen LogP contribution is 2.28. The first-order valence-corrected chi connectivity index (χ1v) is 5.73. The van der Waals surface area contributed by atoms with E-state index in [-0.39, 0.29) is 12.3 Å². The van der Waals surface area contributed by atoms with E-state index in [0.29, 0.717) is 5.56 Å². The van der Waals surface area contributed by atoms with Gasteiger partial charge in [0.2, 0.25) is 0 Å². The summed E-state index contributed by atoms with van der Waals surface area (Å²) in [4.78, 5) is 22.5. The number of carbonyl (C=O) groups is 2. The Morgan fingerprint density at radius 2 is 1.83 bits per heavy atom. The maximum Gasteiger partial charge on any atom is 0.323 e. The van der Waals surface area contributed by atoms with Crippen LogP contribution in [0.15, 0.2) is 18.3 Å². The number of carboxylic acids is 1. The highest BCUT2D eigenvalue weighted by Gasteiger charge is 2.16. The molecule has 2 rings (SSSR count). The standard InChI is InChI=1S/C14H15NO3/c1-8-4-5-9(2)14-13(8)11(10(3)16)6-15(14)7-12(17)18/h4-6H,7H2,1-3H3,(H,17,18). The van der Waals surface area contributed by atoms with Crippen molar-refractivity contribution in [2.45, 2.75) is 27.3 Å². The fourth-order valence-corrected chi connectivity index (χ4v) is 2.33. The minimum Gasteiger partial charge on any atom is -0.480 e. The summed E-state index contributed by atoms with van der Waals surface area (Å²) in [5.41, 5.74) is 3.39. The molecule has 0 aliphatic rings. The van der Waals surface area contributed by atoms with Crippen molar-refractivity contribution in [3.05, 3.63) is 35.0 Å². The van der Waals surface area contributed by atoms with Gasteiger partial charge in [-0.2, -0.15) is 0 Å². The number of aromatic nitrogens is 1. The van der Waals surface area contributed by atoms with Gasteiger partial charge in [-0.3, -0.25) is 9.59 Å². The van der Waals surface area contributed by atoms with Crippen molar-refractivity contribution in [1.29, 1.82) is 0 Å². The molecule has 0 amide bonds. The van der Waals surface area contributed by atoms with Crippen molar-refractivity contribution < 1.29 is 14.7 Å². The lowest BCUT2D eigenvalue weighted by Crippen LogP contribution is -2.08. The first-order chi connectivity index (χ1) is 8.41. The normalized spacial score (nSPS) is 10.8. The number of ketones is 1. The third-order valence-corrected chi connectivity index (χ3v) is 3.11. The molecule has 4 heteroatoms. The molecule has 1 aromatic carbocycles. The minimum absolute atomic E-state index is 0.0437. The third kappa shape index (κ3) is 1.90. The maximum atomic E-state index is 11.7. The Balaban J connectivity index is 2.84. The Kier molecular flexibility index (Phi) is 2.95. The fraction of sp³-hybridized carbons (Fsp3) is 0.286. The first-order valence-electron chi connectivity index (χ1n) is 5.73. The molecule has 94 valence electrons. The van der Waals surface area contributed by atoms with Crippen LogP contribution in [-0.2, 0) is 11.3 Å². The molecular weight excluding hydrogens is 230 g/mol. The zero-order valence-corrected chi connectivity index (χ0v) is 10.7. The predicted molar refractivity (Wildman–Crippen MR) is 69.1 cm³/mol. The molecule has 0 saturated carbocycles. The summed E-state index contributed by atoms with van der Waals surface area (Å²) < 4.78 is 1.64. The van der Waals surface area contributed by atoms with Gasteiger partial charge in [0.15, 0.2) is 5.78 Å². The predicted octanol–water partition coefficient (Wildman–Crippen LogP) is 2.55. The Bertz CT molecular complexity index is 653. The van der Waals surface area contributed by atoms with Gasteiger partial charge >= 0.3 is 5.97 Å². The second kappa shape index (κ2) is 4.29. The van der Waals surface area contributed by atoms with Crippen LogP contribution in [0.5, 0.6) is 0 Å². The zero-order chi connectivity index (χ0) is 13.4. The van der Waals surface area contributed by atoms with E-state index in [4.69, 9.17) is 5.11 Å². The lowest BCUT2D eigenvalue weighted by molar-refractivity contribution is -0.137. The zero-order valence-electron chi connectivity index (χ0n) is 10.7. The molecule has 0 aliphatic heterocycles. The molecule has 0 atom stereocenters. The van der Waals surface area contributed by atoms with Crippen LogP contribution < -0.4 is 0 Å². The van der Waals surface area contributed by atoms with Gasteiger partial charge in [-0.15, -0.1) is 0 Å². The summed E-state index contributed by atoms with van der Waals surface area (Å²) in [5.74, 6) is -0.958. The Labute approximate surface area is 105 Å². The summed E-state index contributed by atoms with van der Waals surface area (Å²) in [6.07, 6.45) is 1.64. The topological polar surface area (TPSA) is 59.3 Å². The van der Waals surface area contributed by atoms with Gasteiger partial charge in [0.05, 0.1) is 5.52 Å². The van der Waals surface area contributed by atoms with Crippen LogP contribution in [0.2, 0.25) is 0 Å². The number of aliphatic carboxylic acids is 1. The summed E-state index contributed by atoms with van der Waals surface area (Å²) in [6.45, 7) is 5.22. The van der Waals surface area contributed by atoms with Crippen LogP contribution >= 0.6 is 0 Å². The molecule has 4 nitrogen and oxygen atoms in total. The van der Waals surface area contributed by atoms with Crippen LogP contribution in [0.4, 0.5) is 0 Å². The largest absolute Gasteiger partial charge is 0.480 e. The number of aryl methyl sites for hydroxylation is 2. The Morgan fingerprint density at radius 3 is 2.39 bits per heavy atom. The van der Waals surface area contributed by atoms with E-state index < -0.39 is 5.97 Å². The molecule has 0 bridgehead atoms. The smallest absolute Gasteiger partial charge is 0.323 e. The molecule has 0 unspecified atom stereocenters. The van der Waals surface area contributed by atoms with Crippen LogP contribution in [0.3, 0.4) is 0 Å². The van der Waals surface area contributed by atoms with Gasteiger partial charge < -0.3 is 9.67 Å². The van der Waals surface area contributed by atoms with E-state index in [1.165, 1.54) is 6.92 Å². The van der Waals surface area contributed by atoms with E-state index in [1.54, 1.807) is 10.8 Å². The number of hydrogen-bond donors (Lipinski definition) is 1. The first kappa shape index (κ1) is 12.4. The molecule has 1 aromatic heterocycles. The van der Waals surface area contributed by atoms with Gasteiger partial charge in [0.25, 0.3) is 0 Å². The summed E-state index contributed by atoms with van der Waals surface area (Å²) >= 11 is 0. The van der Waals surface area contributed by atoms with Crippen molar-refractivity contribution in [3.8, 4) is 0 Å². The number of carbonyl (C=O) groups excluding carboxylic acids is 1. The van der Waals surface area contributed by atoms with Crippen molar-refractivity contribution in [1.82, 2.24) is 4.57 Å². The Morgan fingerprint density at radius 1 is 1.22 bits per heavy atom. The number of hydrogen-bond acceptors (Lipinski definition) is 2. The molecule has 2 aromatic rings. The van der Waals surface area contributed by atoms with E-state index in [9.17, 15) is 9.59 Å². The number of rotatable bonds is 3. The van der Waals surface area contributed by atoms with Crippen molar-refractivity contribution >= 4 is 22.7 Å². The number of fused-ring (bicyclic) bond motifs is 1.